The first kappa shape index (κ1) is 16.0. The number of hydrogen-bond acceptors (Lipinski definition) is 3. The lowest BCUT2D eigenvalue weighted by Crippen LogP contribution is -2.28. The summed E-state index contributed by atoms with van der Waals surface area (Å²) in [6.07, 6.45) is 3.25. The van der Waals surface area contributed by atoms with Crippen LogP contribution in [0.25, 0.3) is 0 Å². The van der Waals surface area contributed by atoms with Gasteiger partial charge < -0.3 is 10.2 Å². The predicted molar refractivity (Wildman–Crippen MR) is 84.8 cm³/mol. The number of aliphatic hydroxyl groups excluding tert-OH is 1. The number of likely N-dealkylation sites (tertiary alicyclic amines) is 1. The van der Waals surface area contributed by atoms with Gasteiger partial charge in [0.15, 0.2) is 0 Å². The van der Waals surface area contributed by atoms with Gasteiger partial charge in [-0.15, -0.1) is 0 Å². The molecule has 1 fully saturated rings. The van der Waals surface area contributed by atoms with Gasteiger partial charge in [-0.3, -0.25) is 4.90 Å². The Labute approximate surface area is 127 Å². The van der Waals surface area contributed by atoms with Crippen LogP contribution in [-0.2, 0) is 6.54 Å². The summed E-state index contributed by atoms with van der Waals surface area (Å²) in [6, 6.07) is 8.19. The molecule has 2 rings (SSSR count). The van der Waals surface area contributed by atoms with Crippen LogP contribution in [0.3, 0.4) is 0 Å². The van der Waals surface area contributed by atoms with E-state index in [1.54, 1.807) is 0 Å². The molecule has 21 heavy (non-hydrogen) atoms. The molecule has 1 aromatic carbocycles. The lowest BCUT2D eigenvalue weighted by molar-refractivity contribution is 0.0444. The average molecular weight is 287 g/mol. The van der Waals surface area contributed by atoms with Gasteiger partial charge in [0.1, 0.15) is 0 Å². The third kappa shape index (κ3) is 5.17. The summed E-state index contributed by atoms with van der Waals surface area (Å²) in [5.74, 6) is 6.15. The first-order valence-electron chi connectivity index (χ1n) is 7.73. The second kappa shape index (κ2) is 7.61. The Morgan fingerprint density at radius 1 is 1.24 bits per heavy atom. The summed E-state index contributed by atoms with van der Waals surface area (Å²) in [7, 11) is 0. The summed E-state index contributed by atoms with van der Waals surface area (Å²) in [6.45, 7) is 4.86. The Morgan fingerprint density at radius 2 is 2.05 bits per heavy atom. The maximum absolute atomic E-state index is 10.2. The predicted octanol–water partition coefficient (Wildman–Crippen LogP) is 2.16. The Kier molecular flexibility index (Phi) is 5.81. The van der Waals surface area contributed by atoms with E-state index in [-0.39, 0.29) is 6.61 Å². The zero-order valence-corrected chi connectivity index (χ0v) is 12.8. The second-order valence-corrected chi connectivity index (χ2v) is 6.06. The van der Waals surface area contributed by atoms with Crippen LogP contribution >= 0.6 is 0 Å². The van der Waals surface area contributed by atoms with Crippen molar-refractivity contribution in [3.05, 3.63) is 35.4 Å². The molecular weight excluding hydrogens is 262 g/mol. The van der Waals surface area contributed by atoms with Crippen molar-refractivity contribution in [1.29, 1.82) is 0 Å². The molecule has 0 aromatic heterocycles. The lowest BCUT2D eigenvalue weighted by atomic mass is 9.98. The Bertz CT molecular complexity index is 513. The molecule has 1 aliphatic rings. The first-order valence-corrected chi connectivity index (χ1v) is 7.73. The quantitative estimate of drug-likeness (QED) is 0.837. The van der Waals surface area contributed by atoms with Crippen LogP contribution in [0.5, 0.6) is 0 Å². The SMILES string of the molecule is CC1(O)CCCN(Cc2ccccc2C#CCCO)CC1. The van der Waals surface area contributed by atoms with E-state index < -0.39 is 5.60 Å². The molecule has 2 N–H and O–H groups in total. The van der Waals surface area contributed by atoms with Crippen molar-refractivity contribution in [3.8, 4) is 11.8 Å². The molecule has 1 aliphatic heterocycles. The van der Waals surface area contributed by atoms with Gasteiger partial charge in [-0.2, -0.15) is 0 Å². The molecule has 3 heteroatoms. The molecule has 0 amide bonds. The third-order valence-electron chi connectivity index (χ3n) is 4.03. The van der Waals surface area contributed by atoms with Crippen molar-refractivity contribution in [2.24, 2.45) is 0 Å². The van der Waals surface area contributed by atoms with Crippen LogP contribution in [0.4, 0.5) is 0 Å². The van der Waals surface area contributed by atoms with Crippen LogP contribution < -0.4 is 0 Å². The van der Waals surface area contributed by atoms with Crippen LogP contribution in [-0.4, -0.2) is 40.4 Å². The van der Waals surface area contributed by atoms with E-state index in [4.69, 9.17) is 5.11 Å². The first-order chi connectivity index (χ1) is 10.1. The second-order valence-electron chi connectivity index (χ2n) is 6.06. The Morgan fingerprint density at radius 3 is 2.86 bits per heavy atom. The maximum Gasteiger partial charge on any atom is 0.0632 e. The number of nitrogens with zero attached hydrogens (tertiary/aromatic N) is 1. The van der Waals surface area contributed by atoms with Gasteiger partial charge in [0, 0.05) is 25.1 Å². The molecule has 1 unspecified atom stereocenters. The summed E-state index contributed by atoms with van der Waals surface area (Å²) in [5, 5.41) is 19.0. The minimum atomic E-state index is -0.519. The molecular formula is C18H25NO2. The van der Waals surface area contributed by atoms with Crippen LogP contribution in [0, 0.1) is 11.8 Å². The zero-order chi connectivity index (χ0) is 15.1. The molecule has 1 heterocycles. The molecule has 0 radical (unpaired) electrons. The fourth-order valence-electron chi connectivity index (χ4n) is 2.71. The van der Waals surface area contributed by atoms with Crippen molar-refractivity contribution >= 4 is 0 Å². The van der Waals surface area contributed by atoms with Gasteiger partial charge in [0.05, 0.1) is 12.2 Å². The van der Waals surface area contributed by atoms with Gasteiger partial charge in [-0.05, 0) is 44.4 Å². The standard InChI is InChI=1S/C18H25NO2/c1-18(21)10-6-12-19(13-11-18)15-17-9-3-2-7-16(17)8-4-5-14-20/h2-3,7,9,20-21H,5-6,10-15H2,1H3. The van der Waals surface area contributed by atoms with Gasteiger partial charge in [0.25, 0.3) is 0 Å². The Hall–Kier alpha value is -1.34. The van der Waals surface area contributed by atoms with Crippen molar-refractivity contribution in [3.63, 3.8) is 0 Å². The highest BCUT2D eigenvalue weighted by Gasteiger charge is 2.24. The van der Waals surface area contributed by atoms with E-state index in [0.29, 0.717) is 6.42 Å². The van der Waals surface area contributed by atoms with E-state index in [1.807, 2.05) is 25.1 Å². The van der Waals surface area contributed by atoms with Crippen molar-refractivity contribution in [2.75, 3.05) is 19.7 Å². The van der Waals surface area contributed by atoms with Crippen molar-refractivity contribution in [2.45, 2.75) is 44.8 Å². The molecule has 114 valence electrons. The van der Waals surface area contributed by atoms with E-state index in [2.05, 4.69) is 22.8 Å². The number of hydrogen-bond donors (Lipinski definition) is 2. The van der Waals surface area contributed by atoms with E-state index in [1.165, 1.54) is 5.56 Å². The summed E-state index contributed by atoms with van der Waals surface area (Å²) in [5.41, 5.74) is 1.75. The molecule has 0 saturated carbocycles. The third-order valence-corrected chi connectivity index (χ3v) is 4.03. The van der Waals surface area contributed by atoms with Gasteiger partial charge in [-0.1, -0.05) is 30.0 Å². The topological polar surface area (TPSA) is 43.7 Å². The summed E-state index contributed by atoms with van der Waals surface area (Å²) >= 11 is 0. The van der Waals surface area contributed by atoms with E-state index >= 15 is 0 Å². The number of aliphatic hydroxyl groups is 2. The highest BCUT2D eigenvalue weighted by atomic mass is 16.3. The minimum Gasteiger partial charge on any atom is -0.395 e. The molecule has 1 aromatic rings. The Balaban J connectivity index is 2.04. The largest absolute Gasteiger partial charge is 0.395 e. The van der Waals surface area contributed by atoms with Gasteiger partial charge in [0.2, 0.25) is 0 Å². The monoisotopic (exact) mass is 287 g/mol. The van der Waals surface area contributed by atoms with Gasteiger partial charge >= 0.3 is 0 Å². The normalized spacial score (nSPS) is 23.2. The lowest BCUT2D eigenvalue weighted by Gasteiger charge is -2.22. The highest BCUT2D eigenvalue weighted by Crippen LogP contribution is 2.23. The minimum absolute atomic E-state index is 0.108. The average Bonchev–Trinajstić information content (AvgIpc) is 2.62. The van der Waals surface area contributed by atoms with Crippen molar-refractivity contribution in [1.82, 2.24) is 4.90 Å². The van der Waals surface area contributed by atoms with Crippen LogP contribution in [0.15, 0.2) is 24.3 Å². The van der Waals surface area contributed by atoms with E-state index in [0.717, 1.165) is 44.5 Å². The maximum atomic E-state index is 10.2. The highest BCUT2D eigenvalue weighted by molar-refractivity contribution is 5.41. The van der Waals surface area contributed by atoms with Gasteiger partial charge in [-0.25, -0.2) is 0 Å². The fraction of sp³-hybridized carbons (Fsp3) is 0.556. The summed E-state index contributed by atoms with van der Waals surface area (Å²) < 4.78 is 0. The number of benzene rings is 1. The summed E-state index contributed by atoms with van der Waals surface area (Å²) in [4.78, 5) is 2.40. The molecule has 0 bridgehead atoms. The number of rotatable bonds is 3. The van der Waals surface area contributed by atoms with Crippen LogP contribution in [0.2, 0.25) is 0 Å². The fourth-order valence-corrected chi connectivity index (χ4v) is 2.71. The molecule has 3 nitrogen and oxygen atoms in total. The smallest absolute Gasteiger partial charge is 0.0632 e. The molecule has 1 saturated heterocycles. The molecule has 0 aliphatic carbocycles. The molecule has 1 atom stereocenters. The van der Waals surface area contributed by atoms with E-state index in [9.17, 15) is 5.11 Å². The van der Waals surface area contributed by atoms with Crippen LogP contribution in [0.1, 0.15) is 43.7 Å². The zero-order valence-electron chi connectivity index (χ0n) is 12.8. The molecule has 0 spiro atoms. The van der Waals surface area contributed by atoms with Crippen molar-refractivity contribution < 1.29 is 10.2 Å².